The van der Waals surface area contributed by atoms with Crippen LogP contribution in [0.1, 0.15) is 29.8 Å². The number of rotatable bonds is 2. The molecule has 2 fully saturated rings. The third-order valence-electron chi connectivity index (χ3n) is 5.16. The van der Waals surface area contributed by atoms with Gasteiger partial charge in [-0.1, -0.05) is 0 Å². The highest BCUT2D eigenvalue weighted by Crippen LogP contribution is 2.41. The summed E-state index contributed by atoms with van der Waals surface area (Å²) in [5, 5.41) is 0. The molecule has 2 aliphatic heterocycles. The van der Waals surface area contributed by atoms with Gasteiger partial charge in [0.1, 0.15) is 5.69 Å². The number of aromatic nitrogens is 2. The third kappa shape index (κ3) is 2.38. The third-order valence-corrected chi connectivity index (χ3v) is 5.16. The first-order valence-electron chi connectivity index (χ1n) is 8.34. The Morgan fingerprint density at radius 3 is 2.88 bits per heavy atom. The van der Waals surface area contributed by atoms with E-state index in [2.05, 4.69) is 9.97 Å². The molecule has 0 aliphatic carbocycles. The van der Waals surface area contributed by atoms with Gasteiger partial charge >= 0.3 is 0 Å². The fourth-order valence-electron chi connectivity index (χ4n) is 3.90. The maximum atomic E-state index is 13.1. The monoisotopic (exact) mass is 324 g/mol. The zero-order valence-corrected chi connectivity index (χ0v) is 13.4. The van der Waals surface area contributed by atoms with E-state index in [0.29, 0.717) is 25.3 Å². The van der Waals surface area contributed by atoms with Crippen LogP contribution in [0.4, 0.5) is 5.69 Å². The number of hydrogen-bond acceptors (Lipinski definition) is 3. The minimum atomic E-state index is -0.448. The maximum Gasteiger partial charge on any atom is 0.270 e. The summed E-state index contributed by atoms with van der Waals surface area (Å²) < 4.78 is 0. The molecule has 0 saturated carbocycles. The zero-order valence-electron chi connectivity index (χ0n) is 13.4. The molecule has 1 atom stereocenters. The lowest BCUT2D eigenvalue weighted by atomic mass is 9.78. The average Bonchev–Trinajstić information content (AvgIpc) is 3.26. The van der Waals surface area contributed by atoms with Crippen molar-refractivity contribution >= 4 is 17.5 Å². The van der Waals surface area contributed by atoms with Crippen molar-refractivity contribution in [1.82, 2.24) is 14.9 Å². The fraction of sp³-hybridized carbons (Fsp3) is 0.389. The second kappa shape index (κ2) is 5.78. The Morgan fingerprint density at radius 1 is 1.21 bits per heavy atom. The van der Waals surface area contributed by atoms with Crippen molar-refractivity contribution in [2.45, 2.75) is 19.3 Å². The number of anilines is 1. The maximum absolute atomic E-state index is 13.1. The number of hydrogen-bond donors (Lipinski definition) is 1. The molecule has 0 bridgehead atoms. The molecule has 1 spiro atoms. The van der Waals surface area contributed by atoms with Crippen LogP contribution in [0.2, 0.25) is 0 Å². The van der Waals surface area contributed by atoms with E-state index in [0.717, 1.165) is 24.9 Å². The number of amides is 2. The van der Waals surface area contributed by atoms with Gasteiger partial charge in [-0.3, -0.25) is 14.6 Å². The Labute approximate surface area is 140 Å². The van der Waals surface area contributed by atoms with Crippen molar-refractivity contribution in [2.24, 2.45) is 5.41 Å². The highest BCUT2D eigenvalue weighted by atomic mass is 16.2. The lowest BCUT2D eigenvalue weighted by molar-refractivity contribution is -0.127. The van der Waals surface area contributed by atoms with Gasteiger partial charge in [-0.25, -0.2) is 0 Å². The minimum absolute atomic E-state index is 0.0216. The number of pyridine rings is 1. The summed E-state index contributed by atoms with van der Waals surface area (Å²) in [6, 6.07) is 7.35. The molecule has 4 rings (SSSR count). The number of piperidine rings is 1. The van der Waals surface area contributed by atoms with Gasteiger partial charge in [-0.05, 0) is 43.5 Å². The van der Waals surface area contributed by atoms with Crippen molar-refractivity contribution < 1.29 is 9.59 Å². The van der Waals surface area contributed by atoms with Crippen LogP contribution in [0.5, 0.6) is 0 Å². The molecule has 0 radical (unpaired) electrons. The van der Waals surface area contributed by atoms with E-state index >= 15 is 0 Å². The second-order valence-electron chi connectivity index (χ2n) is 6.61. The average molecular weight is 324 g/mol. The van der Waals surface area contributed by atoms with Gasteiger partial charge < -0.3 is 14.8 Å². The molecule has 4 heterocycles. The normalized spacial score (nSPS) is 23.9. The van der Waals surface area contributed by atoms with Gasteiger partial charge in [-0.15, -0.1) is 0 Å². The largest absolute Gasteiger partial charge is 0.357 e. The van der Waals surface area contributed by atoms with E-state index in [1.807, 2.05) is 28.0 Å². The van der Waals surface area contributed by atoms with Crippen molar-refractivity contribution in [1.29, 1.82) is 0 Å². The molecule has 2 aromatic rings. The first-order valence-corrected chi connectivity index (χ1v) is 8.34. The van der Waals surface area contributed by atoms with E-state index in [9.17, 15) is 9.59 Å². The number of carbonyl (C=O) groups is 2. The predicted molar refractivity (Wildman–Crippen MR) is 89.6 cm³/mol. The molecule has 2 amide bonds. The smallest absolute Gasteiger partial charge is 0.270 e. The molecular weight excluding hydrogens is 304 g/mol. The van der Waals surface area contributed by atoms with Crippen LogP contribution in [0, 0.1) is 5.41 Å². The van der Waals surface area contributed by atoms with Gasteiger partial charge in [0.15, 0.2) is 0 Å². The van der Waals surface area contributed by atoms with Crippen molar-refractivity contribution in [3.63, 3.8) is 0 Å². The first-order chi connectivity index (χ1) is 11.7. The number of aromatic amines is 1. The van der Waals surface area contributed by atoms with Crippen molar-refractivity contribution in [2.75, 3.05) is 24.5 Å². The van der Waals surface area contributed by atoms with E-state index < -0.39 is 5.41 Å². The van der Waals surface area contributed by atoms with E-state index in [-0.39, 0.29) is 11.8 Å². The van der Waals surface area contributed by atoms with E-state index in [1.54, 1.807) is 24.7 Å². The molecule has 2 aromatic heterocycles. The molecule has 2 aliphatic rings. The fourth-order valence-corrected chi connectivity index (χ4v) is 3.90. The standard InChI is InChI=1S/C18H20N4O2/c23-16(15-5-2-9-20-15)21-10-3-6-18(13-21)7-11-22(17(18)24)14-4-1-8-19-12-14/h1-2,4-5,8-9,12,20H,3,6-7,10-11,13H2/t18-/m0/s1. The minimum Gasteiger partial charge on any atom is -0.357 e. The summed E-state index contributed by atoms with van der Waals surface area (Å²) >= 11 is 0. The van der Waals surface area contributed by atoms with Gasteiger partial charge in [0.25, 0.3) is 5.91 Å². The number of likely N-dealkylation sites (tertiary alicyclic amines) is 1. The molecule has 6 nitrogen and oxygen atoms in total. The molecule has 0 unspecified atom stereocenters. The Bertz CT molecular complexity index is 744. The van der Waals surface area contributed by atoms with Crippen LogP contribution >= 0.6 is 0 Å². The van der Waals surface area contributed by atoms with Crippen LogP contribution in [-0.2, 0) is 4.79 Å². The molecule has 24 heavy (non-hydrogen) atoms. The zero-order chi connectivity index (χ0) is 16.6. The highest BCUT2D eigenvalue weighted by molar-refractivity contribution is 6.01. The van der Waals surface area contributed by atoms with Crippen LogP contribution < -0.4 is 4.90 Å². The molecule has 1 N–H and O–H groups in total. The Hall–Kier alpha value is -2.63. The molecule has 2 saturated heterocycles. The highest BCUT2D eigenvalue weighted by Gasteiger charge is 2.50. The van der Waals surface area contributed by atoms with Crippen LogP contribution in [0.3, 0.4) is 0 Å². The molecule has 0 aromatic carbocycles. The topological polar surface area (TPSA) is 69.3 Å². The second-order valence-corrected chi connectivity index (χ2v) is 6.61. The van der Waals surface area contributed by atoms with Crippen molar-refractivity contribution in [3.05, 3.63) is 48.5 Å². The Balaban J connectivity index is 1.55. The molecular formula is C18H20N4O2. The van der Waals surface area contributed by atoms with Gasteiger partial charge in [0, 0.05) is 32.0 Å². The number of carbonyl (C=O) groups excluding carboxylic acids is 2. The predicted octanol–water partition coefficient (Wildman–Crippen LogP) is 2.07. The van der Waals surface area contributed by atoms with Crippen molar-refractivity contribution in [3.8, 4) is 0 Å². The summed E-state index contributed by atoms with van der Waals surface area (Å²) in [6.07, 6.45) is 7.67. The van der Waals surface area contributed by atoms with Gasteiger partial charge in [-0.2, -0.15) is 0 Å². The number of nitrogens with zero attached hydrogens (tertiary/aromatic N) is 3. The SMILES string of the molecule is O=C(c1ccc[nH]1)N1CCC[C@]2(CCN(c3cccnc3)C2=O)C1. The summed E-state index contributed by atoms with van der Waals surface area (Å²) in [4.78, 5) is 36.4. The summed E-state index contributed by atoms with van der Waals surface area (Å²) in [5.41, 5.74) is 0.977. The quantitative estimate of drug-likeness (QED) is 0.919. The van der Waals surface area contributed by atoms with Crippen LogP contribution in [-0.4, -0.2) is 46.3 Å². The lowest BCUT2D eigenvalue weighted by Crippen LogP contribution is -2.50. The van der Waals surface area contributed by atoms with Crippen LogP contribution in [0.25, 0.3) is 0 Å². The molecule has 124 valence electrons. The number of H-pyrrole nitrogens is 1. The van der Waals surface area contributed by atoms with Crippen LogP contribution in [0.15, 0.2) is 42.9 Å². The lowest BCUT2D eigenvalue weighted by Gasteiger charge is -2.38. The Kier molecular flexibility index (Phi) is 3.59. The summed E-state index contributed by atoms with van der Waals surface area (Å²) in [6.45, 7) is 1.90. The van der Waals surface area contributed by atoms with E-state index in [1.165, 1.54) is 0 Å². The summed E-state index contributed by atoms with van der Waals surface area (Å²) in [5.74, 6) is 0.103. The van der Waals surface area contributed by atoms with Gasteiger partial charge in [0.2, 0.25) is 5.91 Å². The summed E-state index contributed by atoms with van der Waals surface area (Å²) in [7, 11) is 0. The number of nitrogens with one attached hydrogen (secondary N) is 1. The molecule has 6 heteroatoms. The Morgan fingerprint density at radius 2 is 2.12 bits per heavy atom. The first kappa shape index (κ1) is 14.9. The van der Waals surface area contributed by atoms with E-state index in [4.69, 9.17) is 0 Å². The van der Waals surface area contributed by atoms with Gasteiger partial charge in [0.05, 0.1) is 17.3 Å².